The number of hydrogen-bond donors (Lipinski definition) is 1. The predicted molar refractivity (Wildman–Crippen MR) is 109 cm³/mol. The normalized spacial score (nSPS) is 12.7. The number of anilines is 1. The van der Waals surface area contributed by atoms with Gasteiger partial charge in [-0.05, 0) is 36.0 Å². The van der Waals surface area contributed by atoms with Gasteiger partial charge in [-0.3, -0.25) is 10.1 Å². The highest BCUT2D eigenvalue weighted by atomic mass is 32.2. The van der Waals surface area contributed by atoms with Crippen LogP contribution in [-0.4, -0.2) is 28.0 Å². The van der Waals surface area contributed by atoms with Crippen LogP contribution < -0.4 is 10.1 Å². The van der Waals surface area contributed by atoms with E-state index < -0.39 is 6.10 Å². The quantitative estimate of drug-likeness (QED) is 0.497. The van der Waals surface area contributed by atoms with Crippen molar-refractivity contribution in [1.29, 1.82) is 0 Å². The number of ether oxygens (including phenoxy) is 1. The zero-order valence-electron chi connectivity index (χ0n) is 16.0. The summed E-state index contributed by atoms with van der Waals surface area (Å²) in [5.41, 5.74) is 1.32. The molecule has 0 saturated heterocycles. The lowest BCUT2D eigenvalue weighted by molar-refractivity contribution is -0.122. The van der Waals surface area contributed by atoms with E-state index >= 15 is 0 Å². The molecule has 1 aromatic heterocycles. The zero-order chi connectivity index (χ0) is 19.2. The first-order valence-corrected chi connectivity index (χ1v) is 10.7. The molecule has 0 aliphatic heterocycles. The molecule has 2 rings (SSSR count). The van der Waals surface area contributed by atoms with E-state index in [4.69, 9.17) is 4.74 Å². The molecule has 1 atom stereocenters. The lowest BCUT2D eigenvalue weighted by Gasteiger charge is -2.20. The molecule has 26 heavy (non-hydrogen) atoms. The van der Waals surface area contributed by atoms with Crippen LogP contribution in [0.1, 0.15) is 53.0 Å². The highest BCUT2D eigenvalue weighted by Gasteiger charge is 2.21. The van der Waals surface area contributed by atoms with Gasteiger partial charge in [0.15, 0.2) is 10.4 Å². The molecule has 5 nitrogen and oxygen atoms in total. The van der Waals surface area contributed by atoms with Gasteiger partial charge in [0.05, 0.1) is 0 Å². The summed E-state index contributed by atoms with van der Waals surface area (Å²) < 4.78 is 6.75. The van der Waals surface area contributed by atoms with Crippen LogP contribution >= 0.6 is 23.1 Å². The SMILES string of the molecule is CCCSc1nnc(NC(=O)[C@H](CC)Oc2ccc(C(C)(C)C)cc2)s1. The van der Waals surface area contributed by atoms with E-state index in [0.717, 1.165) is 16.5 Å². The van der Waals surface area contributed by atoms with Crippen molar-refractivity contribution >= 4 is 34.1 Å². The standard InChI is InChI=1S/C19H27N3O2S2/c1-6-12-25-18-22-21-17(26-18)20-16(23)15(7-2)24-14-10-8-13(9-11-14)19(3,4)5/h8-11,15H,6-7,12H2,1-5H3,(H,20,21,23)/t15-/m0/s1. The third kappa shape index (κ3) is 5.99. The molecule has 142 valence electrons. The molecule has 0 radical (unpaired) electrons. The van der Waals surface area contributed by atoms with E-state index in [9.17, 15) is 4.79 Å². The van der Waals surface area contributed by atoms with Crippen molar-refractivity contribution in [3.05, 3.63) is 29.8 Å². The molecule has 0 fully saturated rings. The van der Waals surface area contributed by atoms with Crippen molar-refractivity contribution in [2.24, 2.45) is 0 Å². The molecule has 1 aromatic carbocycles. The minimum absolute atomic E-state index is 0.0887. The number of benzene rings is 1. The Morgan fingerprint density at radius 1 is 1.23 bits per heavy atom. The monoisotopic (exact) mass is 393 g/mol. The van der Waals surface area contributed by atoms with Crippen LogP contribution in [0.3, 0.4) is 0 Å². The Bertz CT molecular complexity index is 708. The number of hydrogen-bond acceptors (Lipinski definition) is 6. The summed E-state index contributed by atoms with van der Waals surface area (Å²) in [6, 6.07) is 7.92. The Hall–Kier alpha value is -1.60. The van der Waals surface area contributed by atoms with Gasteiger partial charge in [0.2, 0.25) is 5.13 Å². The molecular weight excluding hydrogens is 366 g/mol. The van der Waals surface area contributed by atoms with Gasteiger partial charge in [-0.2, -0.15) is 0 Å². The summed E-state index contributed by atoms with van der Waals surface area (Å²) in [6.45, 7) is 10.5. The number of rotatable bonds is 8. The van der Waals surface area contributed by atoms with Gasteiger partial charge in [-0.25, -0.2) is 0 Å². The third-order valence-electron chi connectivity index (χ3n) is 3.73. The van der Waals surface area contributed by atoms with Crippen LogP contribution in [0.25, 0.3) is 0 Å². The van der Waals surface area contributed by atoms with Crippen molar-refractivity contribution in [2.45, 2.75) is 63.3 Å². The van der Waals surface area contributed by atoms with Crippen LogP contribution in [0.4, 0.5) is 5.13 Å². The van der Waals surface area contributed by atoms with E-state index in [0.29, 0.717) is 17.3 Å². The van der Waals surface area contributed by atoms with Crippen LogP contribution in [0.15, 0.2) is 28.6 Å². The van der Waals surface area contributed by atoms with Crippen LogP contribution in [0.5, 0.6) is 5.75 Å². The van der Waals surface area contributed by atoms with Gasteiger partial charge >= 0.3 is 0 Å². The topological polar surface area (TPSA) is 64.1 Å². The Morgan fingerprint density at radius 3 is 2.50 bits per heavy atom. The average molecular weight is 394 g/mol. The second kappa shape index (κ2) is 9.37. The first kappa shape index (κ1) is 20.7. The molecule has 0 spiro atoms. The molecule has 0 aliphatic carbocycles. The molecule has 0 saturated carbocycles. The van der Waals surface area contributed by atoms with Crippen LogP contribution in [0, 0.1) is 0 Å². The van der Waals surface area contributed by atoms with E-state index in [-0.39, 0.29) is 11.3 Å². The number of aromatic nitrogens is 2. The van der Waals surface area contributed by atoms with E-state index in [2.05, 4.69) is 43.2 Å². The molecule has 1 N–H and O–H groups in total. The molecule has 1 amide bonds. The first-order chi connectivity index (χ1) is 12.3. The molecule has 7 heteroatoms. The molecule has 0 unspecified atom stereocenters. The third-order valence-corrected chi connectivity index (χ3v) is 5.91. The minimum atomic E-state index is -0.564. The smallest absolute Gasteiger partial charge is 0.267 e. The maximum Gasteiger partial charge on any atom is 0.267 e. The molecular formula is C19H27N3O2S2. The van der Waals surface area contributed by atoms with Gasteiger partial charge in [0.25, 0.3) is 5.91 Å². The van der Waals surface area contributed by atoms with Crippen molar-refractivity contribution in [2.75, 3.05) is 11.1 Å². The highest BCUT2D eigenvalue weighted by Crippen LogP contribution is 2.27. The Kier molecular flexibility index (Phi) is 7.46. The fourth-order valence-corrected chi connectivity index (χ4v) is 3.89. The lowest BCUT2D eigenvalue weighted by Crippen LogP contribution is -2.32. The van der Waals surface area contributed by atoms with Gasteiger partial charge in [0, 0.05) is 5.75 Å². The predicted octanol–water partition coefficient (Wildman–Crippen LogP) is 5.13. The highest BCUT2D eigenvalue weighted by molar-refractivity contribution is 8.01. The van der Waals surface area contributed by atoms with Gasteiger partial charge < -0.3 is 4.74 Å². The largest absolute Gasteiger partial charge is 0.481 e. The van der Waals surface area contributed by atoms with Gasteiger partial charge in [0.1, 0.15) is 5.75 Å². The second-order valence-corrected chi connectivity index (χ2v) is 9.32. The summed E-state index contributed by atoms with van der Waals surface area (Å²) in [5.74, 6) is 1.49. The Morgan fingerprint density at radius 2 is 1.92 bits per heavy atom. The van der Waals surface area contributed by atoms with Crippen molar-refractivity contribution in [3.8, 4) is 5.75 Å². The number of carbonyl (C=O) groups excluding carboxylic acids is 1. The van der Waals surface area contributed by atoms with Crippen molar-refractivity contribution < 1.29 is 9.53 Å². The fraction of sp³-hybridized carbons (Fsp3) is 0.526. The minimum Gasteiger partial charge on any atom is -0.481 e. The fourth-order valence-electron chi connectivity index (χ4n) is 2.21. The van der Waals surface area contributed by atoms with Crippen LogP contribution in [-0.2, 0) is 10.2 Å². The summed E-state index contributed by atoms with van der Waals surface area (Å²) in [4.78, 5) is 12.5. The summed E-state index contributed by atoms with van der Waals surface area (Å²) in [6.07, 6.45) is 1.08. The van der Waals surface area contributed by atoms with Crippen LogP contribution in [0.2, 0.25) is 0 Å². The van der Waals surface area contributed by atoms with Gasteiger partial charge in [-0.1, -0.05) is 69.9 Å². The van der Waals surface area contributed by atoms with E-state index in [1.807, 2.05) is 31.2 Å². The molecule has 2 aromatic rings. The Balaban J connectivity index is 1.96. The summed E-state index contributed by atoms with van der Waals surface area (Å²) in [7, 11) is 0. The maximum atomic E-state index is 12.5. The number of nitrogens with one attached hydrogen (secondary N) is 1. The first-order valence-electron chi connectivity index (χ1n) is 8.87. The van der Waals surface area contributed by atoms with E-state index in [1.54, 1.807) is 11.8 Å². The summed E-state index contributed by atoms with van der Waals surface area (Å²) >= 11 is 3.04. The van der Waals surface area contributed by atoms with E-state index in [1.165, 1.54) is 16.9 Å². The summed E-state index contributed by atoms with van der Waals surface area (Å²) in [5, 5.41) is 11.4. The Labute approximate surface area is 163 Å². The average Bonchev–Trinajstić information content (AvgIpc) is 3.04. The molecule has 0 aliphatic rings. The van der Waals surface area contributed by atoms with Crippen molar-refractivity contribution in [3.63, 3.8) is 0 Å². The van der Waals surface area contributed by atoms with Gasteiger partial charge in [-0.15, -0.1) is 10.2 Å². The number of thioether (sulfide) groups is 1. The number of carbonyl (C=O) groups is 1. The lowest BCUT2D eigenvalue weighted by atomic mass is 9.87. The molecule has 1 heterocycles. The second-order valence-electron chi connectivity index (χ2n) is 7.00. The maximum absolute atomic E-state index is 12.5. The zero-order valence-corrected chi connectivity index (χ0v) is 17.7. The van der Waals surface area contributed by atoms with Crippen molar-refractivity contribution in [1.82, 2.24) is 10.2 Å². The number of nitrogens with zero attached hydrogens (tertiary/aromatic N) is 2. The number of amides is 1. The molecule has 0 bridgehead atoms.